The molecule has 0 saturated carbocycles. The maximum Gasteiger partial charge on any atom is 0.201 e. The molecule has 2 aromatic carbocycles. The van der Waals surface area contributed by atoms with Crippen LogP contribution in [0.4, 0.5) is 5.69 Å². The molecule has 0 aromatic heterocycles. The van der Waals surface area contributed by atoms with Gasteiger partial charge in [0.15, 0.2) is 5.78 Å². The van der Waals surface area contributed by atoms with Gasteiger partial charge in [0.1, 0.15) is 36.6 Å². The number of carbonyl (C=O) groups is 2. The Kier molecular flexibility index (Phi) is 3.54. The van der Waals surface area contributed by atoms with Crippen molar-refractivity contribution in [2.24, 2.45) is 0 Å². The van der Waals surface area contributed by atoms with Gasteiger partial charge in [-0.3, -0.25) is 9.59 Å². The lowest BCUT2D eigenvalue weighted by atomic mass is 9.76. The first kappa shape index (κ1) is 16.8. The largest absolute Gasteiger partial charge is 0.493 e. The normalized spacial score (nSPS) is 18.7. The Balaban J connectivity index is 1.97. The number of fused-ring (bicyclic) bond motifs is 4. The molecular formula is C21H14N2O4. The monoisotopic (exact) mass is 358 g/mol. The van der Waals surface area contributed by atoms with Crippen LogP contribution < -0.4 is 9.47 Å². The molecule has 2 aliphatic rings. The van der Waals surface area contributed by atoms with E-state index in [-0.39, 0.29) is 36.0 Å². The first-order valence-electron chi connectivity index (χ1n) is 8.33. The van der Waals surface area contributed by atoms with Gasteiger partial charge in [-0.2, -0.15) is 5.26 Å². The second kappa shape index (κ2) is 5.69. The van der Waals surface area contributed by atoms with E-state index in [0.29, 0.717) is 22.6 Å². The number of nitrogens with zero attached hydrogens (tertiary/aromatic N) is 2. The van der Waals surface area contributed by atoms with Crippen LogP contribution in [-0.4, -0.2) is 24.8 Å². The van der Waals surface area contributed by atoms with Gasteiger partial charge >= 0.3 is 0 Å². The van der Waals surface area contributed by atoms with Crippen LogP contribution in [-0.2, 0) is 5.41 Å². The van der Waals surface area contributed by atoms with E-state index >= 15 is 0 Å². The van der Waals surface area contributed by atoms with Crippen molar-refractivity contribution in [3.63, 3.8) is 0 Å². The Morgan fingerprint density at radius 3 is 2.11 bits per heavy atom. The van der Waals surface area contributed by atoms with Gasteiger partial charge in [0.25, 0.3) is 0 Å². The van der Waals surface area contributed by atoms with Crippen LogP contribution in [0.25, 0.3) is 4.85 Å². The highest BCUT2D eigenvalue weighted by Gasteiger charge is 2.49. The molecule has 0 aliphatic carbocycles. The molecule has 4 rings (SSSR count). The lowest BCUT2D eigenvalue weighted by Gasteiger charge is -2.21. The minimum atomic E-state index is -0.673. The highest BCUT2D eigenvalue weighted by Crippen LogP contribution is 2.52. The van der Waals surface area contributed by atoms with Gasteiger partial charge in [0, 0.05) is 22.3 Å². The van der Waals surface area contributed by atoms with Crippen molar-refractivity contribution in [3.8, 4) is 17.6 Å². The fraction of sp³-hybridized carbons (Fsp3) is 0.238. The molecule has 0 saturated heterocycles. The summed E-state index contributed by atoms with van der Waals surface area (Å²) in [4.78, 5) is 27.4. The minimum Gasteiger partial charge on any atom is -0.493 e. The Morgan fingerprint density at radius 1 is 1.04 bits per heavy atom. The topological polar surface area (TPSA) is 80.8 Å². The van der Waals surface area contributed by atoms with Gasteiger partial charge in [0.05, 0.1) is 17.6 Å². The van der Waals surface area contributed by atoms with Crippen LogP contribution >= 0.6 is 0 Å². The Bertz CT molecular complexity index is 1030. The number of ether oxygens (including phenoxy) is 2. The van der Waals surface area contributed by atoms with E-state index in [4.69, 9.17) is 16.0 Å². The van der Waals surface area contributed by atoms with Crippen molar-refractivity contribution >= 4 is 17.3 Å². The summed E-state index contributed by atoms with van der Waals surface area (Å²) in [6.07, 6.45) is 0. The van der Waals surface area contributed by atoms with Crippen molar-refractivity contribution in [1.29, 1.82) is 5.26 Å². The molecule has 2 aromatic rings. The van der Waals surface area contributed by atoms with Crippen molar-refractivity contribution < 1.29 is 19.1 Å². The molecule has 27 heavy (non-hydrogen) atoms. The summed E-state index contributed by atoms with van der Waals surface area (Å²) in [6.45, 7) is 10.7. The van der Waals surface area contributed by atoms with Crippen LogP contribution in [0.15, 0.2) is 24.3 Å². The fourth-order valence-electron chi connectivity index (χ4n) is 3.79. The molecule has 1 unspecified atom stereocenters. The lowest BCUT2D eigenvalue weighted by molar-refractivity contribution is 0.100. The molecule has 6 heteroatoms. The maximum absolute atomic E-state index is 12.0. The summed E-state index contributed by atoms with van der Waals surface area (Å²) in [6, 6.07) is 8.59. The molecule has 0 amide bonds. The molecular weight excluding hydrogens is 344 g/mol. The van der Waals surface area contributed by atoms with E-state index in [1.807, 2.05) is 6.07 Å². The third-order valence-electron chi connectivity index (χ3n) is 5.20. The Hall–Kier alpha value is -3.64. The van der Waals surface area contributed by atoms with Gasteiger partial charge < -0.3 is 9.47 Å². The van der Waals surface area contributed by atoms with E-state index in [2.05, 4.69) is 4.85 Å². The summed E-state index contributed by atoms with van der Waals surface area (Å²) in [5.41, 5.74) is 2.04. The van der Waals surface area contributed by atoms with E-state index in [1.54, 1.807) is 24.3 Å². The lowest BCUT2D eigenvalue weighted by Crippen LogP contribution is -2.31. The first-order chi connectivity index (χ1) is 12.9. The van der Waals surface area contributed by atoms with Crippen molar-refractivity contribution in [2.45, 2.75) is 19.3 Å². The van der Waals surface area contributed by atoms with Gasteiger partial charge in [-0.15, -0.1) is 0 Å². The number of nitriles is 1. The number of ketones is 2. The fourth-order valence-corrected chi connectivity index (χ4v) is 3.79. The number of Topliss-reactive ketones (excluding diaryl/α,β-unsaturated/α-hetero) is 2. The second-order valence-corrected chi connectivity index (χ2v) is 6.75. The minimum absolute atomic E-state index is 0.200. The van der Waals surface area contributed by atoms with Gasteiger partial charge in [0.2, 0.25) is 5.69 Å². The first-order valence-corrected chi connectivity index (χ1v) is 8.33. The van der Waals surface area contributed by atoms with Crippen molar-refractivity contribution in [3.05, 3.63) is 63.5 Å². The van der Waals surface area contributed by atoms with Crippen LogP contribution in [0.1, 0.15) is 51.3 Å². The zero-order valence-corrected chi connectivity index (χ0v) is 14.8. The number of hydrogen-bond acceptors (Lipinski definition) is 5. The van der Waals surface area contributed by atoms with Crippen molar-refractivity contribution in [2.75, 3.05) is 13.2 Å². The average molecular weight is 358 g/mol. The van der Waals surface area contributed by atoms with E-state index in [1.165, 1.54) is 13.8 Å². The highest BCUT2D eigenvalue weighted by atomic mass is 16.5. The highest BCUT2D eigenvalue weighted by molar-refractivity contribution is 6.01. The third-order valence-corrected chi connectivity index (χ3v) is 5.20. The van der Waals surface area contributed by atoms with E-state index in [0.717, 1.165) is 11.1 Å². The zero-order valence-electron chi connectivity index (χ0n) is 14.8. The zero-order chi connectivity index (χ0) is 19.3. The molecule has 132 valence electrons. The maximum atomic E-state index is 12.0. The summed E-state index contributed by atoms with van der Waals surface area (Å²) in [5, 5.41) is 9.32. The molecule has 0 fully saturated rings. The van der Waals surface area contributed by atoms with Crippen LogP contribution in [0.3, 0.4) is 0 Å². The summed E-state index contributed by atoms with van der Waals surface area (Å²) < 4.78 is 11.7. The predicted octanol–water partition coefficient (Wildman–Crippen LogP) is 3.59. The van der Waals surface area contributed by atoms with Gasteiger partial charge in [-0.1, -0.05) is 6.07 Å². The number of carbonyl (C=O) groups excluding carboxylic acids is 2. The number of benzene rings is 2. The van der Waals surface area contributed by atoms with Gasteiger partial charge in [-0.25, -0.2) is 4.85 Å². The molecule has 2 aliphatic heterocycles. The van der Waals surface area contributed by atoms with E-state index in [9.17, 15) is 14.9 Å². The molecule has 6 nitrogen and oxygen atoms in total. The molecule has 1 spiro atoms. The van der Waals surface area contributed by atoms with E-state index < -0.39 is 5.41 Å². The standard InChI is InChI=1S/C21H14N2O4/c1-11(24)14-5-16-19(4-13(14)8-22)26-9-21(16)10-27-20-7-18(23-3)15(12(2)25)6-17(20)21/h4-7H,9-10H2,1-2H3. The molecule has 0 N–H and O–H groups in total. The summed E-state index contributed by atoms with van der Waals surface area (Å²) in [5.74, 6) is 0.667. The number of rotatable bonds is 2. The third kappa shape index (κ3) is 2.24. The second-order valence-electron chi connectivity index (χ2n) is 6.75. The van der Waals surface area contributed by atoms with Crippen LogP contribution in [0.5, 0.6) is 11.5 Å². The summed E-state index contributed by atoms with van der Waals surface area (Å²) >= 11 is 0. The van der Waals surface area contributed by atoms with Crippen LogP contribution in [0, 0.1) is 17.9 Å². The Morgan fingerprint density at radius 2 is 1.59 bits per heavy atom. The molecule has 0 radical (unpaired) electrons. The molecule has 2 heterocycles. The quantitative estimate of drug-likeness (QED) is 0.605. The summed E-state index contributed by atoms with van der Waals surface area (Å²) in [7, 11) is 0. The van der Waals surface area contributed by atoms with Gasteiger partial charge in [-0.05, 0) is 32.0 Å². The average Bonchev–Trinajstić information content (AvgIpc) is 3.21. The smallest absolute Gasteiger partial charge is 0.201 e. The SMILES string of the molecule is [C-]#[N+]c1cc2c(cc1C(C)=O)C1(COc3cc(C#N)c(C(C)=O)cc31)CO2. The predicted molar refractivity (Wildman–Crippen MR) is 95.6 cm³/mol. The Labute approximate surface area is 155 Å². The van der Waals surface area contributed by atoms with Crippen LogP contribution in [0.2, 0.25) is 0 Å². The number of hydrogen-bond donors (Lipinski definition) is 0. The van der Waals surface area contributed by atoms with Crippen molar-refractivity contribution in [1.82, 2.24) is 0 Å². The molecule has 0 bridgehead atoms. The molecule has 1 atom stereocenters.